The highest BCUT2D eigenvalue weighted by molar-refractivity contribution is 7.92. The number of aryl methyl sites for hydroxylation is 2. The summed E-state index contributed by atoms with van der Waals surface area (Å²) >= 11 is 0. The molecule has 0 saturated carbocycles. The van der Waals surface area contributed by atoms with E-state index in [1.165, 1.54) is 23.1 Å². The second kappa shape index (κ2) is 14.3. The minimum Gasteiger partial charge on any atom is -0.352 e. The molecule has 0 bridgehead atoms. The van der Waals surface area contributed by atoms with Crippen LogP contribution in [0.3, 0.4) is 0 Å². The van der Waals surface area contributed by atoms with Crippen LogP contribution in [0.1, 0.15) is 36.1 Å². The van der Waals surface area contributed by atoms with Crippen LogP contribution in [-0.4, -0.2) is 43.8 Å². The lowest BCUT2D eigenvalue weighted by Gasteiger charge is -2.34. The van der Waals surface area contributed by atoms with Gasteiger partial charge in [-0.05, 0) is 69.2 Å². The summed E-state index contributed by atoms with van der Waals surface area (Å²) in [6.45, 7) is 6.48. The predicted molar refractivity (Wildman–Crippen MR) is 171 cm³/mol. The van der Waals surface area contributed by atoms with Crippen molar-refractivity contribution in [3.05, 3.63) is 131 Å². The van der Waals surface area contributed by atoms with E-state index in [0.717, 1.165) is 21.0 Å². The zero-order chi connectivity index (χ0) is 31.9. The van der Waals surface area contributed by atoms with Gasteiger partial charge in [-0.2, -0.15) is 0 Å². The summed E-state index contributed by atoms with van der Waals surface area (Å²) in [5.74, 6) is -1.60. The van der Waals surface area contributed by atoms with Crippen molar-refractivity contribution in [2.75, 3.05) is 10.8 Å². The highest BCUT2D eigenvalue weighted by Gasteiger charge is 2.35. The van der Waals surface area contributed by atoms with E-state index in [2.05, 4.69) is 5.32 Å². The monoisotopic (exact) mass is 615 g/mol. The first-order chi connectivity index (χ1) is 21.0. The number of anilines is 1. The second-order valence-corrected chi connectivity index (χ2v) is 13.0. The zero-order valence-corrected chi connectivity index (χ0v) is 26.2. The van der Waals surface area contributed by atoms with E-state index < -0.39 is 40.2 Å². The molecule has 0 spiro atoms. The fourth-order valence-corrected chi connectivity index (χ4v) is 6.30. The maximum atomic E-state index is 15.0. The Morgan fingerprint density at radius 3 is 2.11 bits per heavy atom. The van der Waals surface area contributed by atoms with Gasteiger partial charge in [0.2, 0.25) is 11.8 Å². The Morgan fingerprint density at radius 2 is 1.48 bits per heavy atom. The Kier molecular flexibility index (Phi) is 10.5. The molecule has 1 atom stereocenters. The van der Waals surface area contributed by atoms with Crippen LogP contribution in [-0.2, 0) is 32.6 Å². The van der Waals surface area contributed by atoms with E-state index in [1.54, 1.807) is 48.5 Å². The molecule has 44 heavy (non-hydrogen) atoms. The van der Waals surface area contributed by atoms with Gasteiger partial charge in [0.1, 0.15) is 18.4 Å². The molecular formula is C35H38FN3O4S. The molecule has 0 aliphatic rings. The number of carbonyl (C=O) groups is 2. The molecule has 4 rings (SSSR count). The SMILES string of the molecule is Cc1ccc(S(=O)(=O)N(CC(=O)N(Cc2ccccc2F)[C@@H](Cc2ccccc2)C(=O)NC(C)C)c2cccc(C)c2)cc1. The molecule has 2 amide bonds. The Hall–Kier alpha value is -4.50. The minimum absolute atomic E-state index is 0.0245. The first kappa shape index (κ1) is 32.4. The van der Waals surface area contributed by atoms with Crippen molar-refractivity contribution >= 4 is 27.5 Å². The van der Waals surface area contributed by atoms with Crippen LogP contribution in [0.5, 0.6) is 0 Å². The second-order valence-electron chi connectivity index (χ2n) is 11.1. The molecule has 0 aliphatic carbocycles. The van der Waals surface area contributed by atoms with Crippen LogP contribution in [0.2, 0.25) is 0 Å². The van der Waals surface area contributed by atoms with Crippen LogP contribution >= 0.6 is 0 Å². The van der Waals surface area contributed by atoms with Crippen molar-refractivity contribution in [2.45, 2.75) is 57.6 Å². The molecule has 0 radical (unpaired) electrons. The third-order valence-corrected chi connectivity index (χ3v) is 8.97. The molecule has 0 aliphatic heterocycles. The van der Waals surface area contributed by atoms with E-state index in [1.807, 2.05) is 64.1 Å². The molecule has 1 N–H and O–H groups in total. The Morgan fingerprint density at radius 1 is 0.818 bits per heavy atom. The number of nitrogens with zero attached hydrogens (tertiary/aromatic N) is 2. The number of hydrogen-bond acceptors (Lipinski definition) is 4. The number of benzene rings is 4. The summed E-state index contributed by atoms with van der Waals surface area (Å²) < 4.78 is 44.2. The Balaban J connectivity index is 1.82. The third-order valence-electron chi connectivity index (χ3n) is 7.18. The average molecular weight is 616 g/mol. The quantitative estimate of drug-likeness (QED) is 0.218. The summed E-state index contributed by atoms with van der Waals surface area (Å²) in [4.78, 5) is 29.4. The first-order valence-corrected chi connectivity index (χ1v) is 15.9. The van der Waals surface area contributed by atoms with Crippen molar-refractivity contribution in [1.29, 1.82) is 0 Å². The number of carbonyl (C=O) groups excluding carboxylic acids is 2. The minimum atomic E-state index is -4.21. The largest absolute Gasteiger partial charge is 0.352 e. The van der Waals surface area contributed by atoms with Crippen molar-refractivity contribution in [1.82, 2.24) is 10.2 Å². The van der Waals surface area contributed by atoms with Gasteiger partial charge in [0.05, 0.1) is 10.6 Å². The number of rotatable bonds is 12. The van der Waals surface area contributed by atoms with Gasteiger partial charge >= 0.3 is 0 Å². The van der Waals surface area contributed by atoms with Gasteiger partial charge in [-0.15, -0.1) is 0 Å². The average Bonchev–Trinajstić information content (AvgIpc) is 2.98. The molecule has 0 saturated heterocycles. The number of nitrogens with one attached hydrogen (secondary N) is 1. The lowest BCUT2D eigenvalue weighted by molar-refractivity contribution is -0.140. The number of amides is 2. The number of sulfonamides is 1. The van der Waals surface area contributed by atoms with Crippen molar-refractivity contribution < 1.29 is 22.4 Å². The fraction of sp³-hybridized carbons (Fsp3) is 0.257. The topological polar surface area (TPSA) is 86.8 Å². The van der Waals surface area contributed by atoms with E-state index in [-0.39, 0.29) is 29.5 Å². The van der Waals surface area contributed by atoms with Gasteiger partial charge in [-0.1, -0.05) is 78.4 Å². The van der Waals surface area contributed by atoms with Crippen molar-refractivity contribution in [3.63, 3.8) is 0 Å². The normalized spacial score (nSPS) is 12.0. The number of hydrogen-bond donors (Lipinski definition) is 1. The van der Waals surface area contributed by atoms with Gasteiger partial charge in [0, 0.05) is 24.6 Å². The van der Waals surface area contributed by atoms with Crippen LogP contribution in [0.15, 0.2) is 108 Å². The van der Waals surface area contributed by atoms with Crippen LogP contribution in [0, 0.1) is 19.7 Å². The maximum absolute atomic E-state index is 15.0. The van der Waals surface area contributed by atoms with E-state index in [9.17, 15) is 22.4 Å². The van der Waals surface area contributed by atoms with E-state index >= 15 is 0 Å². The standard InChI is InChI=1S/C35H38FN3O4S/c1-25(2)37-35(41)33(22-28-12-6-5-7-13-28)38(23-29-14-8-9-16-32(29)36)34(40)24-39(30-15-10-11-27(4)21-30)44(42,43)31-19-17-26(3)18-20-31/h5-21,25,33H,22-24H2,1-4H3,(H,37,41)/t33-/m0/s1. The van der Waals surface area contributed by atoms with Crippen LogP contribution in [0.25, 0.3) is 0 Å². The smallest absolute Gasteiger partial charge is 0.264 e. The van der Waals surface area contributed by atoms with E-state index in [4.69, 9.17) is 0 Å². The highest BCUT2D eigenvalue weighted by atomic mass is 32.2. The van der Waals surface area contributed by atoms with E-state index in [0.29, 0.717) is 5.69 Å². The molecule has 0 unspecified atom stereocenters. The molecular weight excluding hydrogens is 577 g/mol. The molecule has 0 fully saturated rings. The lowest BCUT2D eigenvalue weighted by atomic mass is 10.0. The zero-order valence-electron chi connectivity index (χ0n) is 25.4. The lowest BCUT2D eigenvalue weighted by Crippen LogP contribution is -2.54. The summed E-state index contributed by atoms with van der Waals surface area (Å²) in [5.41, 5.74) is 3.00. The van der Waals surface area contributed by atoms with Crippen LogP contribution < -0.4 is 9.62 Å². The van der Waals surface area contributed by atoms with Gasteiger partial charge in [-0.3, -0.25) is 13.9 Å². The van der Waals surface area contributed by atoms with Crippen LogP contribution in [0.4, 0.5) is 10.1 Å². The molecule has 0 heterocycles. The van der Waals surface area contributed by atoms with Crippen molar-refractivity contribution in [3.8, 4) is 0 Å². The predicted octanol–water partition coefficient (Wildman–Crippen LogP) is 5.80. The molecule has 9 heteroatoms. The van der Waals surface area contributed by atoms with Gasteiger partial charge < -0.3 is 10.2 Å². The summed E-state index contributed by atoms with van der Waals surface area (Å²) in [6.07, 6.45) is 0.148. The van der Waals surface area contributed by atoms with Crippen molar-refractivity contribution in [2.24, 2.45) is 0 Å². The fourth-order valence-electron chi connectivity index (χ4n) is 4.89. The van der Waals surface area contributed by atoms with Gasteiger partial charge in [0.25, 0.3) is 10.0 Å². The summed E-state index contributed by atoms with van der Waals surface area (Å²) in [7, 11) is -4.21. The highest BCUT2D eigenvalue weighted by Crippen LogP contribution is 2.26. The summed E-state index contributed by atoms with van der Waals surface area (Å²) in [5, 5.41) is 2.89. The Bertz CT molecular complexity index is 1690. The third kappa shape index (κ3) is 8.11. The summed E-state index contributed by atoms with van der Waals surface area (Å²) in [6, 6.07) is 27.3. The molecule has 4 aromatic rings. The van der Waals surface area contributed by atoms with Gasteiger partial charge in [-0.25, -0.2) is 12.8 Å². The maximum Gasteiger partial charge on any atom is 0.264 e. The van der Waals surface area contributed by atoms with Gasteiger partial charge in [0.15, 0.2) is 0 Å². The first-order valence-electron chi connectivity index (χ1n) is 14.5. The molecule has 7 nitrogen and oxygen atoms in total. The molecule has 4 aromatic carbocycles. The number of halogens is 1. The molecule has 230 valence electrons. The molecule has 0 aromatic heterocycles. The Labute approximate surface area is 259 Å².